The second-order valence-corrected chi connectivity index (χ2v) is 8.47. The molecule has 2 rings (SSSR count). The predicted molar refractivity (Wildman–Crippen MR) is 135 cm³/mol. The van der Waals surface area contributed by atoms with Crippen LogP contribution in [-0.4, -0.2) is 48.0 Å². The van der Waals surface area contributed by atoms with E-state index in [4.69, 9.17) is 12.2 Å². The molecule has 0 saturated heterocycles. The third kappa shape index (κ3) is 8.51. The lowest BCUT2D eigenvalue weighted by molar-refractivity contribution is -0.140. The van der Waals surface area contributed by atoms with E-state index in [1.165, 1.54) is 0 Å². The Balaban J connectivity index is 2.06. The second-order valence-electron chi connectivity index (χ2n) is 8.24. The van der Waals surface area contributed by atoms with Crippen LogP contribution in [0.25, 0.3) is 0 Å². The fourth-order valence-electron chi connectivity index (χ4n) is 3.47. The van der Waals surface area contributed by atoms with E-state index in [0.717, 1.165) is 16.5 Å². The van der Waals surface area contributed by atoms with Gasteiger partial charge < -0.3 is 16.0 Å². The number of carbonyl (C=O) groups is 4. The lowest BCUT2D eigenvalue weighted by atomic mass is 9.91. The van der Waals surface area contributed by atoms with Crippen LogP contribution in [-0.2, 0) is 32.0 Å². The number of thiocarbonyl (C=S) groups is 1. The highest BCUT2D eigenvalue weighted by Gasteiger charge is 2.34. The molecule has 8 heteroatoms. The predicted octanol–water partition coefficient (Wildman–Crippen LogP) is 2.03. The van der Waals surface area contributed by atoms with Crippen molar-refractivity contribution in [1.82, 2.24) is 16.0 Å². The number of Topliss-reactive ketones (excluding diaryl/α,β-unsaturated/α-hetero) is 1. The van der Waals surface area contributed by atoms with Crippen LogP contribution in [0.5, 0.6) is 0 Å². The Bertz CT molecular complexity index is 923. The van der Waals surface area contributed by atoms with E-state index in [1.807, 2.05) is 60.7 Å². The molecule has 0 heterocycles. The van der Waals surface area contributed by atoms with Gasteiger partial charge in [-0.1, -0.05) is 86.7 Å². The van der Waals surface area contributed by atoms with E-state index >= 15 is 0 Å². The summed E-state index contributed by atoms with van der Waals surface area (Å²) in [6, 6.07) is 17.7. The molecule has 0 fully saturated rings. The van der Waals surface area contributed by atoms with Crippen LogP contribution in [0.15, 0.2) is 60.7 Å². The number of hydrogen-bond donors (Lipinski definition) is 3. The summed E-state index contributed by atoms with van der Waals surface area (Å²) < 4.78 is 0. The van der Waals surface area contributed by atoms with Gasteiger partial charge in [-0.05, 0) is 29.9 Å². The zero-order valence-electron chi connectivity index (χ0n) is 19.5. The quantitative estimate of drug-likeness (QED) is 0.300. The summed E-state index contributed by atoms with van der Waals surface area (Å²) in [5, 5.41) is 8.79. The molecule has 0 bridgehead atoms. The first-order valence-electron chi connectivity index (χ1n) is 11.3. The zero-order valence-corrected chi connectivity index (χ0v) is 20.3. The van der Waals surface area contributed by atoms with E-state index in [0.29, 0.717) is 25.9 Å². The summed E-state index contributed by atoms with van der Waals surface area (Å²) in [7, 11) is 0. The van der Waals surface area contributed by atoms with Crippen LogP contribution in [0, 0.1) is 11.8 Å². The van der Waals surface area contributed by atoms with Gasteiger partial charge in [-0.2, -0.15) is 0 Å². The first kappa shape index (κ1) is 26.9. The average molecular weight is 482 g/mol. The minimum Gasteiger partial charge on any atom is -0.354 e. The first-order chi connectivity index (χ1) is 16.3. The maximum absolute atomic E-state index is 12.9. The first-order valence-corrected chi connectivity index (χ1v) is 11.7. The molecule has 0 spiro atoms. The van der Waals surface area contributed by atoms with Crippen LogP contribution in [0.1, 0.15) is 25.0 Å². The number of carbonyl (C=O) groups excluding carboxylic acids is 4. The van der Waals surface area contributed by atoms with Crippen molar-refractivity contribution in [1.29, 1.82) is 0 Å². The molecule has 2 aromatic rings. The Hall–Kier alpha value is -3.39. The molecule has 0 aliphatic rings. The van der Waals surface area contributed by atoms with E-state index in [2.05, 4.69) is 16.0 Å². The molecular formula is C26H31N3O4S. The van der Waals surface area contributed by atoms with E-state index < -0.39 is 35.5 Å². The van der Waals surface area contributed by atoms with Crippen molar-refractivity contribution in [3.05, 3.63) is 71.8 Å². The third-order valence-corrected chi connectivity index (χ3v) is 5.53. The highest BCUT2D eigenvalue weighted by atomic mass is 32.1. The standard InChI is InChI=1S/C26H31N3O4S/c1-18(2)22(21(30)17-34)24(31)29-23(25(32)27-15-13-19-9-5-3-6-10-19)26(33)28-16-14-20-11-7-4-8-12-20/h3-12,17-18,22-23H,13-16H2,1-2H3,(H,27,32)(H,28,33)(H,29,31)/t22-/m0/s1. The normalized spacial score (nSPS) is 11.5. The molecule has 0 radical (unpaired) electrons. The summed E-state index contributed by atoms with van der Waals surface area (Å²) in [6.45, 7) is 3.99. The van der Waals surface area contributed by atoms with Crippen molar-refractivity contribution in [3.8, 4) is 0 Å². The van der Waals surface area contributed by atoms with E-state index in [1.54, 1.807) is 13.8 Å². The minimum atomic E-state index is -1.47. The molecule has 0 aliphatic heterocycles. The van der Waals surface area contributed by atoms with Crippen LogP contribution in [0.4, 0.5) is 0 Å². The van der Waals surface area contributed by atoms with Gasteiger partial charge in [0.2, 0.25) is 5.91 Å². The van der Waals surface area contributed by atoms with Crippen molar-refractivity contribution < 1.29 is 19.2 Å². The van der Waals surface area contributed by atoms with Gasteiger partial charge in [-0.3, -0.25) is 19.2 Å². The van der Waals surface area contributed by atoms with Gasteiger partial charge in [-0.15, -0.1) is 0 Å². The van der Waals surface area contributed by atoms with Crippen LogP contribution in [0.2, 0.25) is 0 Å². The maximum atomic E-state index is 12.9. The Morgan fingerprint density at radius 2 is 1.21 bits per heavy atom. The summed E-state index contributed by atoms with van der Waals surface area (Å²) >= 11 is 4.70. The summed E-state index contributed by atoms with van der Waals surface area (Å²) in [5.41, 5.74) is 2.06. The summed E-state index contributed by atoms with van der Waals surface area (Å²) in [5.74, 6) is -3.95. The molecule has 0 unspecified atom stereocenters. The van der Waals surface area contributed by atoms with Gasteiger partial charge in [0.05, 0.1) is 0 Å². The van der Waals surface area contributed by atoms with Crippen LogP contribution in [0.3, 0.4) is 0 Å². The Morgan fingerprint density at radius 1 is 0.765 bits per heavy atom. The molecular weight excluding hydrogens is 450 g/mol. The molecule has 180 valence electrons. The maximum Gasteiger partial charge on any atom is 0.252 e. The molecule has 2 aromatic carbocycles. The molecule has 34 heavy (non-hydrogen) atoms. The Kier molecular flexibility index (Phi) is 11.1. The Morgan fingerprint density at radius 3 is 1.59 bits per heavy atom. The number of ketones is 1. The molecule has 7 nitrogen and oxygen atoms in total. The van der Waals surface area contributed by atoms with Gasteiger partial charge in [0, 0.05) is 18.5 Å². The van der Waals surface area contributed by atoms with E-state index in [-0.39, 0.29) is 5.92 Å². The summed E-state index contributed by atoms with van der Waals surface area (Å²) in [6.07, 6.45) is 1.14. The zero-order chi connectivity index (χ0) is 24.9. The fourth-order valence-corrected chi connectivity index (χ4v) is 3.62. The molecule has 3 N–H and O–H groups in total. The van der Waals surface area contributed by atoms with Crippen LogP contribution < -0.4 is 16.0 Å². The molecule has 1 atom stereocenters. The van der Waals surface area contributed by atoms with Crippen molar-refractivity contribution in [3.63, 3.8) is 0 Å². The SMILES string of the molecule is CC(C)[C@@H](C(=O)C=S)C(=O)NC(C(=O)NCCc1ccccc1)C(=O)NCCc1ccccc1. The molecule has 0 aromatic heterocycles. The lowest BCUT2D eigenvalue weighted by Gasteiger charge is -2.22. The topological polar surface area (TPSA) is 104 Å². The third-order valence-electron chi connectivity index (χ3n) is 5.29. The fraction of sp³-hybridized carbons (Fsp3) is 0.346. The van der Waals surface area contributed by atoms with Crippen molar-refractivity contribution >= 4 is 41.1 Å². The number of benzene rings is 2. The average Bonchev–Trinajstić information content (AvgIpc) is 2.83. The van der Waals surface area contributed by atoms with Crippen LogP contribution >= 0.6 is 12.2 Å². The van der Waals surface area contributed by atoms with Gasteiger partial charge in [0.15, 0.2) is 11.8 Å². The summed E-state index contributed by atoms with van der Waals surface area (Å²) in [4.78, 5) is 50.7. The van der Waals surface area contributed by atoms with Crippen molar-refractivity contribution in [2.75, 3.05) is 13.1 Å². The van der Waals surface area contributed by atoms with Gasteiger partial charge in [-0.25, -0.2) is 0 Å². The highest BCUT2D eigenvalue weighted by Crippen LogP contribution is 2.12. The minimum absolute atomic E-state index is 0.291. The van der Waals surface area contributed by atoms with Gasteiger partial charge in [0.1, 0.15) is 5.92 Å². The number of amides is 3. The highest BCUT2D eigenvalue weighted by molar-refractivity contribution is 7.80. The number of nitrogens with one attached hydrogen (secondary N) is 3. The smallest absolute Gasteiger partial charge is 0.252 e. The molecule has 3 amide bonds. The van der Waals surface area contributed by atoms with Crippen molar-refractivity contribution in [2.24, 2.45) is 11.8 Å². The Labute approximate surface area is 205 Å². The second kappa shape index (κ2) is 14.0. The van der Waals surface area contributed by atoms with Gasteiger partial charge >= 0.3 is 0 Å². The number of rotatable bonds is 13. The molecule has 0 aliphatic carbocycles. The largest absolute Gasteiger partial charge is 0.354 e. The monoisotopic (exact) mass is 481 g/mol. The lowest BCUT2D eigenvalue weighted by Crippen LogP contribution is -2.57. The van der Waals surface area contributed by atoms with E-state index in [9.17, 15) is 19.2 Å². The number of hydrogen-bond acceptors (Lipinski definition) is 5. The molecule has 0 saturated carbocycles. The van der Waals surface area contributed by atoms with Crippen molar-refractivity contribution in [2.45, 2.75) is 32.7 Å². The van der Waals surface area contributed by atoms with Gasteiger partial charge in [0.25, 0.3) is 11.8 Å².